The van der Waals surface area contributed by atoms with Gasteiger partial charge in [0.15, 0.2) is 0 Å². The van der Waals surface area contributed by atoms with Gasteiger partial charge in [-0.05, 0) is 67.5 Å². The van der Waals surface area contributed by atoms with Crippen molar-refractivity contribution in [2.75, 3.05) is 0 Å². The summed E-state index contributed by atoms with van der Waals surface area (Å²) < 4.78 is 13.4. The minimum absolute atomic E-state index is 0.0926. The van der Waals surface area contributed by atoms with Gasteiger partial charge in [-0.25, -0.2) is 4.39 Å². The van der Waals surface area contributed by atoms with E-state index in [9.17, 15) is 14.0 Å². The Kier molecular flexibility index (Phi) is 7.83. The van der Waals surface area contributed by atoms with Crippen LogP contribution in [0.25, 0.3) is 0 Å². The largest absolute Gasteiger partial charge is 0.352 e. The fourth-order valence-electron chi connectivity index (χ4n) is 4.26. The maximum absolute atomic E-state index is 13.4. The van der Waals surface area contributed by atoms with Crippen LogP contribution in [-0.2, 0) is 22.6 Å². The van der Waals surface area contributed by atoms with Gasteiger partial charge in [0.05, 0.1) is 6.42 Å². The Bertz CT molecular complexity index is 904. The topological polar surface area (TPSA) is 49.4 Å². The lowest BCUT2D eigenvalue weighted by Gasteiger charge is -2.31. The average molecular weight is 425 g/mol. The minimum atomic E-state index is -0.551. The molecule has 2 aromatic rings. The first-order chi connectivity index (χ1) is 14.9. The van der Waals surface area contributed by atoms with Gasteiger partial charge in [0.25, 0.3) is 0 Å². The van der Waals surface area contributed by atoms with Crippen molar-refractivity contribution in [3.8, 4) is 0 Å². The van der Waals surface area contributed by atoms with Gasteiger partial charge in [0.1, 0.15) is 11.9 Å². The van der Waals surface area contributed by atoms with Gasteiger partial charge in [0, 0.05) is 12.6 Å². The molecule has 1 saturated carbocycles. The van der Waals surface area contributed by atoms with Crippen molar-refractivity contribution < 1.29 is 14.0 Å². The molecule has 31 heavy (non-hydrogen) atoms. The molecular formula is C26H33FN2O2. The summed E-state index contributed by atoms with van der Waals surface area (Å²) in [6.07, 6.45) is 5.01. The summed E-state index contributed by atoms with van der Waals surface area (Å²) in [6, 6.07) is 11.8. The van der Waals surface area contributed by atoms with Crippen molar-refractivity contribution >= 4 is 11.8 Å². The fraction of sp³-hybridized carbons (Fsp3) is 0.462. The highest BCUT2D eigenvalue weighted by Crippen LogP contribution is 2.20. The molecule has 4 nitrogen and oxygen atoms in total. The monoisotopic (exact) mass is 424 g/mol. The number of carbonyl (C=O) groups is 2. The summed E-state index contributed by atoms with van der Waals surface area (Å²) in [7, 11) is 0. The second kappa shape index (κ2) is 10.6. The van der Waals surface area contributed by atoms with E-state index in [1.54, 1.807) is 17.0 Å². The third kappa shape index (κ3) is 6.16. The number of rotatable bonds is 8. The summed E-state index contributed by atoms with van der Waals surface area (Å²) >= 11 is 0. The summed E-state index contributed by atoms with van der Waals surface area (Å²) in [6.45, 7) is 6.28. The molecule has 2 amide bonds. The van der Waals surface area contributed by atoms with E-state index < -0.39 is 6.04 Å². The summed E-state index contributed by atoms with van der Waals surface area (Å²) in [5.41, 5.74) is 4.06. The molecule has 0 spiro atoms. The van der Waals surface area contributed by atoms with E-state index in [4.69, 9.17) is 0 Å². The lowest BCUT2D eigenvalue weighted by Crippen LogP contribution is -2.51. The second-order valence-corrected chi connectivity index (χ2v) is 8.66. The van der Waals surface area contributed by atoms with E-state index >= 15 is 0 Å². The average Bonchev–Trinajstić information content (AvgIpc) is 3.25. The molecule has 1 atom stereocenters. The number of benzene rings is 2. The molecule has 0 bridgehead atoms. The van der Waals surface area contributed by atoms with Crippen LogP contribution in [0, 0.1) is 19.7 Å². The minimum Gasteiger partial charge on any atom is -0.352 e. The fourth-order valence-corrected chi connectivity index (χ4v) is 4.26. The van der Waals surface area contributed by atoms with Crippen LogP contribution in [0.1, 0.15) is 61.3 Å². The van der Waals surface area contributed by atoms with Crippen molar-refractivity contribution in [3.05, 3.63) is 70.5 Å². The van der Waals surface area contributed by atoms with Crippen molar-refractivity contribution in [1.29, 1.82) is 0 Å². The standard InChI is InChI=1S/C26H33FN2O2/c1-4-24(26(31)28-23-7-5-6-8-23)29(17-20-11-13-22(27)14-12-20)25(30)16-21-10-9-18(2)19(3)15-21/h9-15,23-24H,4-8,16-17H2,1-3H3,(H,28,31)/t24-/m0/s1. The number of aryl methyl sites for hydroxylation is 2. The molecule has 1 fully saturated rings. The molecule has 166 valence electrons. The molecule has 3 rings (SSSR count). The van der Waals surface area contributed by atoms with Crippen LogP contribution in [0.15, 0.2) is 42.5 Å². The van der Waals surface area contributed by atoms with Crippen molar-refractivity contribution in [1.82, 2.24) is 10.2 Å². The van der Waals surface area contributed by atoms with Gasteiger partial charge in [-0.3, -0.25) is 9.59 Å². The Hall–Kier alpha value is -2.69. The summed E-state index contributed by atoms with van der Waals surface area (Å²) in [5.74, 6) is -0.506. The van der Waals surface area contributed by atoms with Gasteiger partial charge < -0.3 is 10.2 Å². The molecule has 2 aromatic carbocycles. The molecule has 0 aliphatic heterocycles. The molecular weight excluding hydrogens is 391 g/mol. The summed E-state index contributed by atoms with van der Waals surface area (Å²) in [5, 5.41) is 3.15. The molecule has 0 aromatic heterocycles. The molecule has 0 radical (unpaired) electrons. The van der Waals surface area contributed by atoms with E-state index in [-0.39, 0.29) is 36.6 Å². The normalized spacial score (nSPS) is 15.0. The molecule has 1 N–H and O–H groups in total. The maximum Gasteiger partial charge on any atom is 0.243 e. The maximum atomic E-state index is 13.4. The first-order valence-corrected chi connectivity index (χ1v) is 11.3. The zero-order valence-electron chi connectivity index (χ0n) is 18.8. The van der Waals surface area contributed by atoms with Crippen molar-refractivity contribution in [2.45, 2.75) is 77.9 Å². The Labute approximate surface area is 184 Å². The van der Waals surface area contributed by atoms with Gasteiger partial charge in [-0.1, -0.05) is 50.1 Å². The van der Waals surface area contributed by atoms with E-state index in [1.165, 1.54) is 17.7 Å². The molecule has 0 saturated heterocycles. The molecule has 1 aliphatic rings. The van der Waals surface area contributed by atoms with Crippen molar-refractivity contribution in [2.24, 2.45) is 0 Å². The van der Waals surface area contributed by atoms with Crippen LogP contribution in [-0.4, -0.2) is 28.8 Å². The highest BCUT2D eigenvalue weighted by Gasteiger charge is 2.30. The molecule has 0 unspecified atom stereocenters. The number of nitrogens with one attached hydrogen (secondary N) is 1. The number of carbonyl (C=O) groups excluding carboxylic acids is 2. The number of hydrogen-bond acceptors (Lipinski definition) is 2. The number of amides is 2. The first kappa shape index (κ1) is 23.0. The van der Waals surface area contributed by atoms with Gasteiger partial charge in [0.2, 0.25) is 11.8 Å². The van der Waals surface area contributed by atoms with Crippen LogP contribution in [0.5, 0.6) is 0 Å². The van der Waals surface area contributed by atoms with E-state index in [1.807, 2.05) is 39.0 Å². The number of hydrogen-bond donors (Lipinski definition) is 1. The molecule has 0 heterocycles. The van der Waals surface area contributed by atoms with Gasteiger partial charge in [-0.15, -0.1) is 0 Å². The Morgan fingerprint density at radius 1 is 1.03 bits per heavy atom. The smallest absolute Gasteiger partial charge is 0.243 e. The van der Waals surface area contributed by atoms with Crippen LogP contribution in [0.4, 0.5) is 4.39 Å². The van der Waals surface area contributed by atoms with E-state index in [2.05, 4.69) is 5.32 Å². The third-order valence-corrected chi connectivity index (χ3v) is 6.28. The zero-order chi connectivity index (χ0) is 22.4. The van der Waals surface area contributed by atoms with Gasteiger partial charge in [-0.2, -0.15) is 0 Å². The van der Waals surface area contributed by atoms with E-state index in [0.29, 0.717) is 6.42 Å². The van der Waals surface area contributed by atoms with Crippen LogP contribution in [0.3, 0.4) is 0 Å². The Morgan fingerprint density at radius 3 is 2.29 bits per heavy atom. The van der Waals surface area contributed by atoms with Crippen molar-refractivity contribution in [3.63, 3.8) is 0 Å². The molecule has 5 heteroatoms. The van der Waals surface area contributed by atoms with Crippen LogP contribution >= 0.6 is 0 Å². The lowest BCUT2D eigenvalue weighted by atomic mass is 10.0. The highest BCUT2D eigenvalue weighted by molar-refractivity contribution is 5.88. The van der Waals surface area contributed by atoms with Crippen LogP contribution < -0.4 is 5.32 Å². The second-order valence-electron chi connectivity index (χ2n) is 8.66. The predicted octanol–water partition coefficient (Wildman–Crippen LogP) is 4.85. The quantitative estimate of drug-likeness (QED) is 0.658. The highest BCUT2D eigenvalue weighted by atomic mass is 19.1. The van der Waals surface area contributed by atoms with E-state index in [0.717, 1.165) is 42.4 Å². The van der Waals surface area contributed by atoms with Gasteiger partial charge >= 0.3 is 0 Å². The summed E-state index contributed by atoms with van der Waals surface area (Å²) in [4.78, 5) is 28.2. The Balaban J connectivity index is 1.82. The third-order valence-electron chi connectivity index (χ3n) is 6.28. The Morgan fingerprint density at radius 2 is 1.68 bits per heavy atom. The first-order valence-electron chi connectivity index (χ1n) is 11.3. The SMILES string of the molecule is CC[C@@H](C(=O)NC1CCCC1)N(Cc1ccc(F)cc1)C(=O)Cc1ccc(C)c(C)c1. The number of nitrogens with zero attached hydrogens (tertiary/aromatic N) is 1. The zero-order valence-corrected chi connectivity index (χ0v) is 18.8. The predicted molar refractivity (Wildman–Crippen MR) is 121 cm³/mol. The number of halogens is 1. The molecule has 1 aliphatic carbocycles. The lowest BCUT2D eigenvalue weighted by molar-refractivity contribution is -0.141. The van der Waals surface area contributed by atoms with Crippen LogP contribution in [0.2, 0.25) is 0 Å².